The SMILES string of the molecule is Cc1c(C#N)ccc2c1C(N1CCCC1=O)=C(N(C)C(=O)C(F)(F)F)C(C)(C)O2. The average molecular weight is 407 g/mol. The number of nitrogens with zero attached hydrogens (tertiary/aromatic N) is 3. The molecule has 2 amide bonds. The zero-order valence-electron chi connectivity index (χ0n) is 16.5. The van der Waals surface area contributed by atoms with Crippen LogP contribution in [0, 0.1) is 18.3 Å². The molecule has 3 rings (SSSR count). The summed E-state index contributed by atoms with van der Waals surface area (Å²) >= 11 is 0. The van der Waals surface area contributed by atoms with Gasteiger partial charge in [0.15, 0.2) is 0 Å². The molecule has 29 heavy (non-hydrogen) atoms. The zero-order chi connectivity index (χ0) is 21.7. The van der Waals surface area contributed by atoms with Crippen LogP contribution in [0.5, 0.6) is 5.75 Å². The molecule has 1 saturated heterocycles. The van der Waals surface area contributed by atoms with Crippen LogP contribution in [-0.4, -0.2) is 47.0 Å². The Hall–Kier alpha value is -3.02. The molecule has 0 unspecified atom stereocenters. The summed E-state index contributed by atoms with van der Waals surface area (Å²) in [7, 11) is 1.02. The summed E-state index contributed by atoms with van der Waals surface area (Å²) in [6.07, 6.45) is -4.30. The number of hydrogen-bond acceptors (Lipinski definition) is 4. The number of carbonyl (C=O) groups excluding carboxylic acids is 2. The van der Waals surface area contributed by atoms with Gasteiger partial charge in [-0.2, -0.15) is 18.4 Å². The summed E-state index contributed by atoms with van der Waals surface area (Å²) in [5.74, 6) is -1.97. The average Bonchev–Trinajstić information content (AvgIpc) is 3.04. The molecule has 0 spiro atoms. The topological polar surface area (TPSA) is 73.6 Å². The van der Waals surface area contributed by atoms with Gasteiger partial charge in [-0.3, -0.25) is 9.59 Å². The molecule has 2 aliphatic rings. The third-order valence-corrected chi connectivity index (χ3v) is 5.17. The van der Waals surface area contributed by atoms with Crippen molar-refractivity contribution in [2.24, 2.45) is 0 Å². The summed E-state index contributed by atoms with van der Waals surface area (Å²) in [4.78, 5) is 26.5. The van der Waals surface area contributed by atoms with Crippen molar-refractivity contribution in [3.8, 4) is 11.8 Å². The van der Waals surface area contributed by atoms with Crippen molar-refractivity contribution in [3.63, 3.8) is 0 Å². The van der Waals surface area contributed by atoms with Crippen molar-refractivity contribution in [2.75, 3.05) is 13.6 Å². The van der Waals surface area contributed by atoms with Crippen molar-refractivity contribution in [2.45, 2.75) is 45.4 Å². The van der Waals surface area contributed by atoms with Gasteiger partial charge < -0.3 is 14.5 Å². The van der Waals surface area contributed by atoms with Crippen molar-refractivity contribution < 1.29 is 27.5 Å². The molecule has 0 aliphatic carbocycles. The Labute approximate surface area is 166 Å². The summed E-state index contributed by atoms with van der Waals surface area (Å²) in [6, 6.07) is 5.16. The summed E-state index contributed by atoms with van der Waals surface area (Å²) in [5.41, 5.74) is -0.0767. The molecule has 0 aromatic heterocycles. The molecule has 2 aliphatic heterocycles. The molecular weight excluding hydrogens is 387 g/mol. The third kappa shape index (κ3) is 3.33. The first-order valence-corrected chi connectivity index (χ1v) is 9.03. The van der Waals surface area contributed by atoms with E-state index in [1.54, 1.807) is 32.9 Å². The minimum absolute atomic E-state index is 0.0687. The van der Waals surface area contributed by atoms with Crippen LogP contribution in [0.25, 0.3) is 5.70 Å². The Kier molecular flexibility index (Phi) is 4.85. The number of likely N-dealkylation sites (tertiary alicyclic amines) is 1. The highest BCUT2D eigenvalue weighted by molar-refractivity contribution is 5.94. The minimum atomic E-state index is -5.10. The first kappa shape index (κ1) is 20.7. The van der Waals surface area contributed by atoms with Gasteiger partial charge in [0.1, 0.15) is 11.4 Å². The lowest BCUT2D eigenvalue weighted by Crippen LogP contribution is -2.49. The molecule has 9 heteroatoms. The zero-order valence-corrected chi connectivity index (χ0v) is 16.5. The predicted molar refractivity (Wildman–Crippen MR) is 97.3 cm³/mol. The summed E-state index contributed by atoms with van der Waals surface area (Å²) in [6.45, 7) is 5.03. The number of benzene rings is 1. The number of likely N-dealkylation sites (N-methyl/N-ethyl adjacent to an activating group) is 1. The second-order valence-corrected chi connectivity index (χ2v) is 7.54. The van der Waals surface area contributed by atoms with Gasteiger partial charge in [0, 0.05) is 25.6 Å². The van der Waals surface area contributed by atoms with Gasteiger partial charge in [-0.05, 0) is 44.9 Å². The third-order valence-electron chi connectivity index (χ3n) is 5.17. The molecule has 1 aromatic carbocycles. The second kappa shape index (κ2) is 6.79. The van der Waals surface area contributed by atoms with Crippen LogP contribution in [-0.2, 0) is 9.59 Å². The monoisotopic (exact) mass is 407 g/mol. The number of fused-ring (bicyclic) bond motifs is 1. The van der Waals surface area contributed by atoms with E-state index in [9.17, 15) is 28.0 Å². The maximum absolute atomic E-state index is 13.2. The number of hydrogen-bond donors (Lipinski definition) is 0. The van der Waals surface area contributed by atoms with Crippen LogP contribution in [0.4, 0.5) is 13.2 Å². The summed E-state index contributed by atoms with van der Waals surface area (Å²) in [5, 5.41) is 9.40. The Balaban J connectivity index is 2.38. The van der Waals surface area contributed by atoms with E-state index >= 15 is 0 Å². The fourth-order valence-electron chi connectivity index (χ4n) is 3.92. The van der Waals surface area contributed by atoms with Crippen LogP contribution >= 0.6 is 0 Å². The van der Waals surface area contributed by atoms with E-state index < -0.39 is 17.7 Å². The molecule has 0 saturated carbocycles. The Morgan fingerprint density at radius 1 is 1.34 bits per heavy atom. The molecule has 1 fully saturated rings. The van der Waals surface area contributed by atoms with E-state index in [0.717, 1.165) is 7.05 Å². The first-order chi connectivity index (χ1) is 13.4. The maximum atomic E-state index is 13.2. The van der Waals surface area contributed by atoms with Gasteiger partial charge in [-0.1, -0.05) is 0 Å². The highest BCUT2D eigenvalue weighted by Crippen LogP contribution is 2.47. The Morgan fingerprint density at radius 2 is 2.00 bits per heavy atom. The standard InChI is InChI=1S/C20H20F3N3O3/c1-11-12(10-24)7-8-13-15(11)16(26-9-5-6-14(26)27)17(19(2,3)29-13)25(4)18(28)20(21,22)23/h7-8H,5-6,9H2,1-4H3. The maximum Gasteiger partial charge on any atom is 0.471 e. The number of amides is 2. The van der Waals surface area contributed by atoms with Gasteiger partial charge >= 0.3 is 12.1 Å². The van der Waals surface area contributed by atoms with Gasteiger partial charge in [-0.15, -0.1) is 0 Å². The largest absolute Gasteiger partial charge is 0.481 e. The smallest absolute Gasteiger partial charge is 0.471 e. The van der Waals surface area contributed by atoms with Crippen molar-refractivity contribution >= 4 is 17.5 Å². The number of halogens is 3. The molecule has 0 N–H and O–H groups in total. The lowest BCUT2D eigenvalue weighted by molar-refractivity contribution is -0.183. The molecule has 6 nitrogen and oxygen atoms in total. The molecule has 0 atom stereocenters. The fraction of sp³-hybridized carbons (Fsp3) is 0.450. The molecule has 0 radical (unpaired) electrons. The van der Waals surface area contributed by atoms with Gasteiger partial charge in [0.25, 0.3) is 0 Å². The van der Waals surface area contributed by atoms with Gasteiger partial charge in [-0.25, -0.2) is 0 Å². The minimum Gasteiger partial charge on any atom is -0.481 e. The van der Waals surface area contributed by atoms with E-state index in [0.29, 0.717) is 40.3 Å². The van der Waals surface area contributed by atoms with E-state index in [-0.39, 0.29) is 23.7 Å². The van der Waals surface area contributed by atoms with E-state index in [4.69, 9.17) is 4.74 Å². The van der Waals surface area contributed by atoms with Gasteiger partial charge in [0.2, 0.25) is 5.91 Å². The highest BCUT2D eigenvalue weighted by atomic mass is 19.4. The molecule has 0 bridgehead atoms. The molecular formula is C20H20F3N3O3. The number of nitriles is 1. The lowest BCUT2D eigenvalue weighted by atomic mass is 9.89. The van der Waals surface area contributed by atoms with Crippen molar-refractivity contribution in [1.29, 1.82) is 5.26 Å². The van der Waals surface area contributed by atoms with E-state index in [1.165, 1.54) is 4.90 Å². The quantitative estimate of drug-likeness (QED) is 0.754. The van der Waals surface area contributed by atoms with Crippen LogP contribution in [0.3, 0.4) is 0 Å². The van der Waals surface area contributed by atoms with Crippen LogP contribution < -0.4 is 4.74 Å². The van der Waals surface area contributed by atoms with E-state index in [1.807, 2.05) is 6.07 Å². The number of alkyl halides is 3. The molecule has 2 heterocycles. The van der Waals surface area contributed by atoms with E-state index in [2.05, 4.69) is 0 Å². The van der Waals surface area contributed by atoms with Gasteiger partial charge in [0.05, 0.1) is 23.0 Å². The molecule has 154 valence electrons. The van der Waals surface area contributed by atoms with Crippen molar-refractivity contribution in [3.05, 3.63) is 34.5 Å². The Morgan fingerprint density at radius 3 is 2.52 bits per heavy atom. The number of rotatable bonds is 2. The fourth-order valence-corrected chi connectivity index (χ4v) is 3.92. The van der Waals surface area contributed by atoms with Crippen LogP contribution in [0.15, 0.2) is 17.8 Å². The Bertz CT molecular complexity index is 974. The molecule has 1 aromatic rings. The summed E-state index contributed by atoms with van der Waals surface area (Å²) < 4.78 is 45.6. The first-order valence-electron chi connectivity index (χ1n) is 9.03. The van der Waals surface area contributed by atoms with Crippen molar-refractivity contribution in [1.82, 2.24) is 9.80 Å². The van der Waals surface area contributed by atoms with Crippen LogP contribution in [0.1, 0.15) is 43.4 Å². The second-order valence-electron chi connectivity index (χ2n) is 7.54. The normalized spacial score (nSPS) is 18.3. The lowest BCUT2D eigenvalue weighted by Gasteiger charge is -2.43. The van der Waals surface area contributed by atoms with Crippen LogP contribution in [0.2, 0.25) is 0 Å². The highest BCUT2D eigenvalue weighted by Gasteiger charge is 2.49. The predicted octanol–water partition coefficient (Wildman–Crippen LogP) is 3.35. The number of ether oxygens (including phenoxy) is 1. The number of carbonyl (C=O) groups is 2.